The minimum absolute atomic E-state index is 0.0120. The van der Waals surface area contributed by atoms with Gasteiger partial charge < -0.3 is 5.32 Å². The van der Waals surface area contributed by atoms with Crippen molar-refractivity contribution in [3.8, 4) is 0 Å². The highest BCUT2D eigenvalue weighted by Crippen LogP contribution is 2.46. The van der Waals surface area contributed by atoms with Gasteiger partial charge in [-0.3, -0.25) is 4.79 Å². The summed E-state index contributed by atoms with van der Waals surface area (Å²) in [6.07, 6.45) is 4.31. The molecule has 1 aliphatic rings. The molecule has 2 N–H and O–H groups in total. The first-order chi connectivity index (χ1) is 13.8. The fourth-order valence-corrected chi connectivity index (χ4v) is 4.67. The molecule has 0 aromatic heterocycles. The summed E-state index contributed by atoms with van der Waals surface area (Å²) >= 11 is 0. The molecule has 154 valence electrons. The van der Waals surface area contributed by atoms with Crippen LogP contribution in [0.4, 0.5) is 0 Å². The molecule has 2 aromatic rings. The summed E-state index contributed by atoms with van der Waals surface area (Å²) < 4.78 is 26.9. The molecule has 2 aromatic carbocycles. The minimum Gasteiger partial charge on any atom is -0.345 e. The van der Waals surface area contributed by atoms with Gasteiger partial charge in [-0.15, -0.1) is 0 Å². The maximum atomic E-state index is 12.5. The number of carbonyl (C=O) groups excluding carboxylic acids is 1. The van der Waals surface area contributed by atoms with Crippen LogP contribution in [0.5, 0.6) is 0 Å². The second kappa shape index (κ2) is 8.93. The second-order valence-corrected chi connectivity index (χ2v) is 9.67. The molecule has 1 fully saturated rings. The van der Waals surface area contributed by atoms with E-state index in [2.05, 4.69) is 17.0 Å². The lowest BCUT2D eigenvalue weighted by Crippen LogP contribution is -2.30. The van der Waals surface area contributed by atoms with Crippen molar-refractivity contribution in [1.29, 1.82) is 0 Å². The molecule has 5 nitrogen and oxygen atoms in total. The first-order valence-corrected chi connectivity index (χ1v) is 11.4. The van der Waals surface area contributed by atoms with Crippen LogP contribution in [0.2, 0.25) is 0 Å². The van der Waals surface area contributed by atoms with Gasteiger partial charge in [0.2, 0.25) is 15.9 Å². The van der Waals surface area contributed by atoms with E-state index in [0.717, 1.165) is 17.5 Å². The highest BCUT2D eigenvalue weighted by atomic mass is 32.2. The van der Waals surface area contributed by atoms with Crippen LogP contribution in [-0.2, 0) is 14.8 Å². The number of nitrogens with one attached hydrogen (secondary N) is 2. The van der Waals surface area contributed by atoms with E-state index in [1.807, 2.05) is 30.3 Å². The number of hydrogen-bond acceptors (Lipinski definition) is 3. The third-order valence-electron chi connectivity index (χ3n) is 5.06. The van der Waals surface area contributed by atoms with Gasteiger partial charge in [-0.05, 0) is 61.4 Å². The van der Waals surface area contributed by atoms with Crippen LogP contribution in [0, 0.1) is 11.8 Å². The zero-order valence-corrected chi connectivity index (χ0v) is 17.8. The number of sulfonamides is 1. The van der Waals surface area contributed by atoms with Gasteiger partial charge in [0.15, 0.2) is 0 Å². The summed E-state index contributed by atoms with van der Waals surface area (Å²) in [5.74, 6) is 0.919. The Kier molecular flexibility index (Phi) is 6.55. The van der Waals surface area contributed by atoms with Crippen molar-refractivity contribution in [1.82, 2.24) is 10.0 Å². The first-order valence-electron chi connectivity index (χ1n) is 9.92. The quantitative estimate of drug-likeness (QED) is 0.646. The molecule has 1 saturated carbocycles. The van der Waals surface area contributed by atoms with E-state index in [1.54, 1.807) is 44.2 Å². The lowest BCUT2D eigenvalue weighted by Gasteiger charge is -2.18. The molecule has 0 radical (unpaired) electrons. The van der Waals surface area contributed by atoms with Gasteiger partial charge in [-0.2, -0.15) is 0 Å². The number of benzene rings is 2. The molecular weight excluding hydrogens is 384 g/mol. The Morgan fingerprint density at radius 1 is 1.07 bits per heavy atom. The van der Waals surface area contributed by atoms with Crippen molar-refractivity contribution < 1.29 is 13.2 Å². The van der Waals surface area contributed by atoms with E-state index < -0.39 is 10.0 Å². The zero-order valence-electron chi connectivity index (χ0n) is 17.0. The van der Waals surface area contributed by atoms with Crippen LogP contribution in [-0.4, -0.2) is 20.4 Å². The Morgan fingerprint density at radius 2 is 1.69 bits per heavy atom. The summed E-state index contributed by atoms with van der Waals surface area (Å²) in [4.78, 5) is 12.7. The van der Waals surface area contributed by atoms with Crippen LogP contribution in [0.3, 0.4) is 0 Å². The maximum Gasteiger partial charge on any atom is 0.244 e. The standard InChI is InChI=1S/C23H28N2O3S/c1-16(2)25-29(27,28)20-12-9-18(10-13-20)11-14-22(26)24-23(21-15-17(21)3)19-7-5-4-6-8-19/h4-14,16-17,21,23,25H,15H2,1-3H3,(H,24,26)/b14-11+. The van der Waals surface area contributed by atoms with Gasteiger partial charge in [0.1, 0.15) is 0 Å². The zero-order chi connectivity index (χ0) is 21.0. The average Bonchev–Trinajstić information content (AvgIpc) is 3.40. The first kappa shape index (κ1) is 21.3. The Labute approximate surface area is 173 Å². The Morgan fingerprint density at radius 3 is 2.24 bits per heavy atom. The molecule has 3 rings (SSSR count). The van der Waals surface area contributed by atoms with Crippen molar-refractivity contribution in [3.63, 3.8) is 0 Å². The van der Waals surface area contributed by atoms with Crippen LogP contribution in [0.1, 0.15) is 44.4 Å². The van der Waals surface area contributed by atoms with Gasteiger partial charge >= 0.3 is 0 Å². The van der Waals surface area contributed by atoms with E-state index in [9.17, 15) is 13.2 Å². The van der Waals surface area contributed by atoms with Crippen LogP contribution >= 0.6 is 0 Å². The largest absolute Gasteiger partial charge is 0.345 e. The number of rotatable bonds is 8. The molecule has 0 aliphatic heterocycles. The fourth-order valence-electron chi connectivity index (χ4n) is 3.42. The molecule has 0 bridgehead atoms. The van der Waals surface area contributed by atoms with Crippen LogP contribution < -0.4 is 10.0 Å². The Bertz CT molecular complexity index is 967. The lowest BCUT2D eigenvalue weighted by molar-refractivity contribution is -0.117. The third-order valence-corrected chi connectivity index (χ3v) is 6.74. The minimum atomic E-state index is -3.52. The number of amides is 1. The second-order valence-electron chi connectivity index (χ2n) is 7.95. The average molecular weight is 413 g/mol. The molecule has 0 heterocycles. The molecular formula is C23H28N2O3S. The molecule has 3 atom stereocenters. The van der Waals surface area contributed by atoms with Crippen molar-refractivity contribution in [2.45, 2.75) is 44.2 Å². The highest BCUT2D eigenvalue weighted by Gasteiger charge is 2.40. The molecule has 6 heteroatoms. The molecule has 3 unspecified atom stereocenters. The van der Waals surface area contributed by atoms with Gasteiger partial charge in [0, 0.05) is 12.1 Å². The smallest absolute Gasteiger partial charge is 0.244 e. The summed E-state index contributed by atoms with van der Waals surface area (Å²) in [6.45, 7) is 5.75. The predicted molar refractivity (Wildman–Crippen MR) is 116 cm³/mol. The monoisotopic (exact) mass is 412 g/mol. The maximum absolute atomic E-state index is 12.5. The topological polar surface area (TPSA) is 75.3 Å². The Balaban J connectivity index is 1.65. The van der Waals surface area contributed by atoms with Gasteiger partial charge in [-0.1, -0.05) is 49.4 Å². The van der Waals surface area contributed by atoms with E-state index in [0.29, 0.717) is 11.8 Å². The number of carbonyl (C=O) groups is 1. The predicted octanol–water partition coefficient (Wildman–Crippen LogP) is 3.90. The third kappa shape index (κ3) is 5.78. The van der Waals surface area contributed by atoms with Crippen molar-refractivity contribution >= 4 is 22.0 Å². The highest BCUT2D eigenvalue weighted by molar-refractivity contribution is 7.89. The molecule has 0 saturated heterocycles. The van der Waals surface area contributed by atoms with E-state index in [1.165, 1.54) is 6.08 Å². The summed E-state index contributed by atoms with van der Waals surface area (Å²) in [5, 5.41) is 3.12. The van der Waals surface area contributed by atoms with Crippen molar-refractivity contribution in [2.75, 3.05) is 0 Å². The molecule has 1 amide bonds. The van der Waals surface area contributed by atoms with Gasteiger partial charge in [-0.25, -0.2) is 13.1 Å². The van der Waals surface area contributed by atoms with E-state index in [-0.39, 0.29) is 22.9 Å². The van der Waals surface area contributed by atoms with Gasteiger partial charge in [0.25, 0.3) is 0 Å². The van der Waals surface area contributed by atoms with Crippen molar-refractivity contribution in [3.05, 3.63) is 71.8 Å². The van der Waals surface area contributed by atoms with Crippen molar-refractivity contribution in [2.24, 2.45) is 11.8 Å². The fraction of sp³-hybridized carbons (Fsp3) is 0.348. The number of hydrogen-bond donors (Lipinski definition) is 2. The van der Waals surface area contributed by atoms with E-state index in [4.69, 9.17) is 0 Å². The summed E-state index contributed by atoms with van der Waals surface area (Å²) in [6, 6.07) is 16.3. The lowest BCUT2D eigenvalue weighted by atomic mass is 10.0. The van der Waals surface area contributed by atoms with Crippen LogP contribution in [0.15, 0.2) is 65.6 Å². The van der Waals surface area contributed by atoms with Crippen LogP contribution in [0.25, 0.3) is 6.08 Å². The molecule has 1 aliphatic carbocycles. The Hall–Kier alpha value is -2.44. The summed E-state index contributed by atoms with van der Waals surface area (Å²) in [7, 11) is -3.52. The molecule has 0 spiro atoms. The molecule has 29 heavy (non-hydrogen) atoms. The SMILES string of the molecule is CC(C)NS(=O)(=O)c1ccc(/C=C/C(=O)NC(c2ccccc2)C2CC2C)cc1. The van der Waals surface area contributed by atoms with Gasteiger partial charge in [0.05, 0.1) is 10.9 Å². The summed E-state index contributed by atoms with van der Waals surface area (Å²) in [5.41, 5.74) is 1.88. The van der Waals surface area contributed by atoms with E-state index >= 15 is 0 Å². The normalized spacial score (nSPS) is 20.0.